The van der Waals surface area contributed by atoms with E-state index in [1.54, 1.807) is 5.32 Å². The normalized spacial score (nSPS) is 12.8. The zero-order valence-corrected chi connectivity index (χ0v) is 10.3. The lowest BCUT2D eigenvalue weighted by atomic mass is 10.1. The van der Waals surface area contributed by atoms with E-state index >= 15 is 0 Å². The molecule has 1 atom stereocenters. The zero-order valence-electron chi connectivity index (χ0n) is 10.3. The summed E-state index contributed by atoms with van der Waals surface area (Å²) in [7, 11) is 0. The second-order valence-corrected chi connectivity index (χ2v) is 4.15. The van der Waals surface area contributed by atoms with Crippen LogP contribution in [0.1, 0.15) is 22.3 Å². The van der Waals surface area contributed by atoms with Crippen molar-refractivity contribution in [2.75, 3.05) is 0 Å². The zero-order chi connectivity index (χ0) is 15.5. The third-order valence-electron chi connectivity index (χ3n) is 2.47. The number of benzene rings is 1. The highest BCUT2D eigenvalue weighted by Gasteiger charge is 2.36. The van der Waals surface area contributed by atoms with Crippen molar-refractivity contribution in [3.8, 4) is 0 Å². The van der Waals surface area contributed by atoms with Crippen LogP contribution in [-0.4, -0.2) is 29.2 Å². The van der Waals surface area contributed by atoms with Gasteiger partial charge in [0.2, 0.25) is 0 Å². The maximum absolute atomic E-state index is 13.2. The Morgan fingerprint density at radius 1 is 1.35 bits per heavy atom. The van der Waals surface area contributed by atoms with Gasteiger partial charge in [0.25, 0.3) is 5.91 Å². The van der Waals surface area contributed by atoms with Gasteiger partial charge in [-0.1, -0.05) is 6.07 Å². The highest BCUT2D eigenvalue weighted by atomic mass is 19.4. The van der Waals surface area contributed by atoms with Crippen molar-refractivity contribution in [2.45, 2.75) is 25.6 Å². The third kappa shape index (κ3) is 4.52. The van der Waals surface area contributed by atoms with Gasteiger partial charge in [0, 0.05) is 5.56 Å². The Bertz CT molecular complexity index is 528. The molecule has 0 saturated carbocycles. The standard InChI is InChI=1S/C12H11F4NO3/c1-6-2-3-7(4-8(6)13)10(18)17-9(11(19)20)5-12(14,15)16/h2-4,9H,5H2,1H3,(H,17,18)(H,19,20). The lowest BCUT2D eigenvalue weighted by Crippen LogP contribution is -2.43. The van der Waals surface area contributed by atoms with E-state index in [0.717, 1.165) is 6.07 Å². The number of halogens is 4. The number of aliphatic carboxylic acids is 1. The third-order valence-corrected chi connectivity index (χ3v) is 2.47. The molecule has 2 N–H and O–H groups in total. The molecule has 1 aromatic carbocycles. The van der Waals surface area contributed by atoms with Gasteiger partial charge in [-0.2, -0.15) is 13.2 Å². The fourth-order valence-corrected chi connectivity index (χ4v) is 1.41. The van der Waals surface area contributed by atoms with E-state index in [1.165, 1.54) is 19.1 Å². The summed E-state index contributed by atoms with van der Waals surface area (Å²) < 4.78 is 49.7. The molecule has 0 aromatic heterocycles. The van der Waals surface area contributed by atoms with E-state index in [2.05, 4.69) is 0 Å². The number of hydrogen-bond acceptors (Lipinski definition) is 2. The second kappa shape index (κ2) is 5.89. The molecule has 0 bridgehead atoms. The summed E-state index contributed by atoms with van der Waals surface area (Å²) in [5, 5.41) is 10.4. The highest BCUT2D eigenvalue weighted by molar-refractivity contribution is 5.96. The summed E-state index contributed by atoms with van der Waals surface area (Å²) >= 11 is 0. The summed E-state index contributed by atoms with van der Waals surface area (Å²) in [6.45, 7) is 1.45. The maximum Gasteiger partial charge on any atom is 0.391 e. The number of hydrogen-bond donors (Lipinski definition) is 2. The molecule has 0 aliphatic carbocycles. The van der Waals surface area contributed by atoms with Crippen molar-refractivity contribution >= 4 is 11.9 Å². The Kier molecular flexibility index (Phi) is 4.69. The molecule has 1 rings (SSSR count). The Hall–Kier alpha value is -2.12. The van der Waals surface area contributed by atoms with Crippen molar-refractivity contribution in [2.24, 2.45) is 0 Å². The Morgan fingerprint density at radius 2 is 1.95 bits per heavy atom. The van der Waals surface area contributed by atoms with E-state index in [1.807, 2.05) is 0 Å². The fourth-order valence-electron chi connectivity index (χ4n) is 1.41. The van der Waals surface area contributed by atoms with E-state index in [0.29, 0.717) is 0 Å². The van der Waals surface area contributed by atoms with Gasteiger partial charge >= 0.3 is 12.1 Å². The van der Waals surface area contributed by atoms with Crippen LogP contribution in [0.4, 0.5) is 17.6 Å². The quantitative estimate of drug-likeness (QED) is 0.837. The number of alkyl halides is 3. The van der Waals surface area contributed by atoms with Crippen molar-refractivity contribution in [1.82, 2.24) is 5.32 Å². The predicted molar refractivity (Wildman–Crippen MR) is 60.7 cm³/mol. The topological polar surface area (TPSA) is 66.4 Å². The van der Waals surface area contributed by atoms with E-state index < -0.39 is 36.3 Å². The fraction of sp³-hybridized carbons (Fsp3) is 0.333. The molecule has 110 valence electrons. The van der Waals surface area contributed by atoms with E-state index in [4.69, 9.17) is 5.11 Å². The number of aryl methyl sites for hydroxylation is 1. The smallest absolute Gasteiger partial charge is 0.391 e. The molecule has 0 aliphatic heterocycles. The van der Waals surface area contributed by atoms with E-state index in [9.17, 15) is 27.2 Å². The lowest BCUT2D eigenvalue weighted by Gasteiger charge is -2.16. The molecule has 8 heteroatoms. The molecule has 4 nitrogen and oxygen atoms in total. The Labute approximate surface area is 111 Å². The predicted octanol–water partition coefficient (Wildman–Crippen LogP) is 2.27. The first kappa shape index (κ1) is 15.9. The molecule has 1 unspecified atom stereocenters. The monoisotopic (exact) mass is 293 g/mol. The summed E-state index contributed by atoms with van der Waals surface area (Å²) in [6, 6.07) is 1.17. The maximum atomic E-state index is 13.2. The minimum atomic E-state index is -4.74. The Balaban J connectivity index is 2.85. The second-order valence-electron chi connectivity index (χ2n) is 4.15. The first-order valence-corrected chi connectivity index (χ1v) is 5.46. The van der Waals surface area contributed by atoms with Gasteiger partial charge in [0.05, 0.1) is 6.42 Å². The summed E-state index contributed by atoms with van der Waals surface area (Å²) in [5.74, 6) is -3.61. The van der Waals surface area contributed by atoms with Gasteiger partial charge in [-0.15, -0.1) is 0 Å². The molecule has 0 radical (unpaired) electrons. The summed E-state index contributed by atoms with van der Waals surface area (Å²) in [5.41, 5.74) is 0.00755. The van der Waals surface area contributed by atoms with Gasteiger partial charge in [-0.3, -0.25) is 4.79 Å². The highest BCUT2D eigenvalue weighted by Crippen LogP contribution is 2.22. The molecule has 0 saturated heterocycles. The molecule has 0 spiro atoms. The van der Waals surface area contributed by atoms with Crippen LogP contribution < -0.4 is 5.32 Å². The van der Waals surface area contributed by atoms with Crippen molar-refractivity contribution in [3.05, 3.63) is 35.1 Å². The minimum absolute atomic E-state index is 0.249. The van der Waals surface area contributed by atoms with Crippen LogP contribution >= 0.6 is 0 Å². The summed E-state index contributed by atoms with van der Waals surface area (Å²) in [4.78, 5) is 22.3. The number of rotatable bonds is 4. The SMILES string of the molecule is Cc1ccc(C(=O)NC(CC(F)(F)F)C(=O)O)cc1F. The average molecular weight is 293 g/mol. The van der Waals surface area contributed by atoms with Gasteiger partial charge in [0.15, 0.2) is 0 Å². The van der Waals surface area contributed by atoms with Gasteiger partial charge < -0.3 is 10.4 Å². The van der Waals surface area contributed by atoms with Crippen LogP contribution in [0.15, 0.2) is 18.2 Å². The van der Waals surface area contributed by atoms with Gasteiger partial charge in [-0.25, -0.2) is 9.18 Å². The number of carboxylic acids is 1. The van der Waals surface area contributed by atoms with Crippen molar-refractivity contribution in [1.29, 1.82) is 0 Å². The van der Waals surface area contributed by atoms with Crippen LogP contribution in [0.5, 0.6) is 0 Å². The molecule has 1 aromatic rings. The molecule has 0 heterocycles. The van der Waals surface area contributed by atoms with Crippen LogP contribution in [0.25, 0.3) is 0 Å². The molecule has 1 amide bonds. The van der Waals surface area contributed by atoms with E-state index in [-0.39, 0.29) is 11.1 Å². The molecule has 0 fully saturated rings. The molecular formula is C12H11F4NO3. The first-order valence-electron chi connectivity index (χ1n) is 5.46. The van der Waals surface area contributed by atoms with Crippen LogP contribution in [0, 0.1) is 12.7 Å². The van der Waals surface area contributed by atoms with Gasteiger partial charge in [0.1, 0.15) is 11.9 Å². The van der Waals surface area contributed by atoms with Crippen LogP contribution in [0.3, 0.4) is 0 Å². The number of carboxylic acid groups (broad SMARTS) is 1. The lowest BCUT2D eigenvalue weighted by molar-refractivity contribution is -0.157. The largest absolute Gasteiger partial charge is 0.480 e. The molecular weight excluding hydrogens is 282 g/mol. The van der Waals surface area contributed by atoms with Gasteiger partial charge in [-0.05, 0) is 24.6 Å². The summed E-state index contributed by atoms with van der Waals surface area (Å²) in [6.07, 6.45) is -6.45. The number of carbonyl (C=O) groups excluding carboxylic acids is 1. The molecule has 0 aliphatic rings. The van der Waals surface area contributed by atoms with Crippen molar-refractivity contribution < 1.29 is 32.3 Å². The molecule has 20 heavy (non-hydrogen) atoms. The minimum Gasteiger partial charge on any atom is -0.480 e. The average Bonchev–Trinajstić information content (AvgIpc) is 2.29. The van der Waals surface area contributed by atoms with Crippen LogP contribution in [-0.2, 0) is 4.79 Å². The van der Waals surface area contributed by atoms with Crippen molar-refractivity contribution in [3.63, 3.8) is 0 Å². The number of nitrogens with one attached hydrogen (secondary N) is 1. The Morgan fingerprint density at radius 3 is 2.40 bits per heavy atom. The number of amides is 1. The first-order chi connectivity index (χ1) is 9.10. The number of carbonyl (C=O) groups is 2. The van der Waals surface area contributed by atoms with Crippen LogP contribution in [0.2, 0.25) is 0 Å².